The molecule has 1 aliphatic heterocycles. The number of benzene rings is 6. The summed E-state index contributed by atoms with van der Waals surface area (Å²) in [5, 5.41) is 0. The zero-order valence-corrected chi connectivity index (χ0v) is 28.2. The van der Waals surface area contributed by atoms with Crippen molar-refractivity contribution in [2.75, 3.05) is 4.90 Å². The molecule has 6 aromatic rings. The van der Waals surface area contributed by atoms with E-state index in [1.807, 2.05) is 25.1 Å². The van der Waals surface area contributed by atoms with Crippen LogP contribution in [0.15, 0.2) is 121 Å². The van der Waals surface area contributed by atoms with Gasteiger partial charge in [0.1, 0.15) is 5.69 Å². The van der Waals surface area contributed by atoms with E-state index in [1.165, 1.54) is 27.2 Å². The van der Waals surface area contributed by atoms with Gasteiger partial charge in [0.2, 0.25) is 5.82 Å². The summed E-state index contributed by atoms with van der Waals surface area (Å²) in [5.74, 6) is -9.64. The molecule has 0 saturated heterocycles. The van der Waals surface area contributed by atoms with Crippen molar-refractivity contribution in [2.45, 2.75) is 55.9 Å². The first kappa shape index (κ1) is 31.7. The second-order valence-electron chi connectivity index (χ2n) is 14.6. The van der Waals surface area contributed by atoms with E-state index in [2.05, 4.69) is 104 Å². The summed E-state index contributed by atoms with van der Waals surface area (Å²) in [4.78, 5) is 1.40. The molecule has 0 radical (unpaired) electrons. The minimum absolute atomic E-state index is 0.465. The second-order valence-corrected chi connectivity index (χ2v) is 14.6. The highest BCUT2D eigenvalue weighted by molar-refractivity contribution is 5.89. The van der Waals surface area contributed by atoms with Crippen LogP contribution in [-0.2, 0) is 10.8 Å². The molecule has 1 saturated carbocycles. The molecule has 3 aliphatic rings. The van der Waals surface area contributed by atoms with Gasteiger partial charge >= 0.3 is 0 Å². The highest BCUT2D eigenvalue weighted by Gasteiger charge is 2.59. The Morgan fingerprint density at radius 3 is 1.69 bits per heavy atom. The van der Waals surface area contributed by atoms with Crippen LogP contribution in [0, 0.1) is 29.1 Å². The number of anilines is 2. The Bertz CT molecular complexity index is 2300. The Labute approximate surface area is 294 Å². The van der Waals surface area contributed by atoms with Gasteiger partial charge in [0.25, 0.3) is 0 Å². The van der Waals surface area contributed by atoms with Gasteiger partial charge in [-0.05, 0) is 88.0 Å². The van der Waals surface area contributed by atoms with E-state index in [1.54, 1.807) is 6.07 Å². The fourth-order valence-corrected chi connectivity index (χ4v) is 9.68. The molecule has 1 heterocycles. The van der Waals surface area contributed by atoms with Crippen LogP contribution >= 0.6 is 0 Å². The van der Waals surface area contributed by atoms with Crippen LogP contribution < -0.4 is 4.90 Å². The van der Waals surface area contributed by atoms with Gasteiger partial charge in [-0.2, -0.15) is 0 Å². The minimum Gasteiger partial charge on any atom is -0.329 e. The molecular formula is C45H34F5N. The van der Waals surface area contributed by atoms with E-state index in [4.69, 9.17) is 0 Å². The van der Waals surface area contributed by atoms with Crippen LogP contribution in [0.4, 0.5) is 33.3 Å². The molecule has 0 aromatic heterocycles. The van der Waals surface area contributed by atoms with E-state index >= 15 is 8.78 Å². The topological polar surface area (TPSA) is 3.24 Å². The lowest BCUT2D eigenvalue weighted by Gasteiger charge is -2.50. The summed E-state index contributed by atoms with van der Waals surface area (Å²) in [6.45, 7) is 3.96. The van der Waals surface area contributed by atoms with E-state index in [0.29, 0.717) is 18.5 Å². The molecule has 1 nitrogen and oxygen atoms in total. The van der Waals surface area contributed by atoms with E-state index in [0.717, 1.165) is 40.7 Å². The molecule has 2 aliphatic carbocycles. The summed E-state index contributed by atoms with van der Waals surface area (Å²) in [5.41, 5.74) is 7.22. The van der Waals surface area contributed by atoms with Gasteiger partial charge in [0, 0.05) is 11.1 Å². The lowest BCUT2D eigenvalue weighted by Crippen LogP contribution is -2.55. The van der Waals surface area contributed by atoms with Crippen LogP contribution in [0.1, 0.15) is 67.3 Å². The summed E-state index contributed by atoms with van der Waals surface area (Å²) in [6.07, 6.45) is 2.90. The van der Waals surface area contributed by atoms with Crippen molar-refractivity contribution in [2.24, 2.45) is 0 Å². The van der Waals surface area contributed by atoms with Crippen LogP contribution in [0.25, 0.3) is 22.3 Å². The van der Waals surface area contributed by atoms with Crippen LogP contribution in [0.5, 0.6) is 0 Å². The Kier molecular flexibility index (Phi) is 6.93. The SMILES string of the molecule is CC12CCCCC1(C)N(c1c(F)c(F)c(F)c(F)c1F)c1ccc(-c3ccc4c(c3)-c3ccccc3C4(c3ccccc3)c3ccccc3)cc12. The molecule has 2 unspecified atom stereocenters. The van der Waals surface area contributed by atoms with Crippen molar-refractivity contribution in [3.8, 4) is 22.3 Å². The smallest absolute Gasteiger partial charge is 0.200 e. The second kappa shape index (κ2) is 11.1. The van der Waals surface area contributed by atoms with E-state index in [9.17, 15) is 13.2 Å². The van der Waals surface area contributed by atoms with Crippen molar-refractivity contribution < 1.29 is 22.0 Å². The number of fused-ring (bicyclic) bond motifs is 6. The lowest BCUT2D eigenvalue weighted by atomic mass is 9.61. The average molecular weight is 684 g/mol. The van der Waals surface area contributed by atoms with Crippen LogP contribution in [-0.4, -0.2) is 5.54 Å². The fraction of sp³-hybridized carbons (Fsp3) is 0.200. The van der Waals surface area contributed by atoms with Crippen molar-refractivity contribution >= 4 is 11.4 Å². The predicted octanol–water partition coefficient (Wildman–Crippen LogP) is 12.2. The van der Waals surface area contributed by atoms with Gasteiger partial charge in [-0.3, -0.25) is 0 Å². The normalized spacial score (nSPS) is 21.2. The van der Waals surface area contributed by atoms with Gasteiger partial charge < -0.3 is 4.90 Å². The zero-order valence-electron chi connectivity index (χ0n) is 28.2. The van der Waals surface area contributed by atoms with Gasteiger partial charge in [-0.25, -0.2) is 22.0 Å². The maximum Gasteiger partial charge on any atom is 0.200 e. The summed E-state index contributed by atoms with van der Waals surface area (Å²) >= 11 is 0. The Balaban J connectivity index is 1.25. The lowest BCUT2D eigenvalue weighted by molar-refractivity contribution is 0.192. The molecular weight excluding hydrogens is 649 g/mol. The molecule has 51 heavy (non-hydrogen) atoms. The first-order valence-corrected chi connectivity index (χ1v) is 17.4. The maximum absolute atomic E-state index is 15.5. The largest absolute Gasteiger partial charge is 0.329 e. The molecule has 1 fully saturated rings. The van der Waals surface area contributed by atoms with Gasteiger partial charge in [-0.1, -0.05) is 123 Å². The van der Waals surface area contributed by atoms with Crippen LogP contribution in [0.3, 0.4) is 0 Å². The maximum atomic E-state index is 15.5. The van der Waals surface area contributed by atoms with Crippen molar-refractivity contribution in [1.82, 2.24) is 0 Å². The predicted molar refractivity (Wildman–Crippen MR) is 192 cm³/mol. The standard InChI is InChI=1S/C45H34F5N/c1-43-23-11-12-24-44(43,2)51(42-40(49)38(47)37(46)39(48)41(42)50)36-22-20-28(26-35(36)43)27-19-21-34-32(25-27)31-17-9-10-18-33(31)45(34,29-13-5-3-6-14-29)30-15-7-4-8-16-30/h3-10,13-22,25-26H,11-12,23-24H2,1-2H3. The molecule has 0 spiro atoms. The summed E-state index contributed by atoms with van der Waals surface area (Å²) in [7, 11) is 0. The quantitative estimate of drug-likeness (QED) is 0.101. The molecule has 0 bridgehead atoms. The zero-order chi connectivity index (χ0) is 35.3. The van der Waals surface area contributed by atoms with Crippen molar-refractivity contribution in [1.29, 1.82) is 0 Å². The number of hydrogen-bond acceptors (Lipinski definition) is 1. The third-order valence-corrected chi connectivity index (χ3v) is 12.3. The van der Waals surface area contributed by atoms with Gasteiger partial charge in [0.15, 0.2) is 23.3 Å². The molecule has 6 aromatic carbocycles. The number of rotatable bonds is 4. The number of nitrogens with zero attached hydrogens (tertiary/aromatic N) is 1. The molecule has 6 heteroatoms. The summed E-state index contributed by atoms with van der Waals surface area (Å²) in [6, 6.07) is 42.0. The third-order valence-electron chi connectivity index (χ3n) is 12.3. The molecule has 9 rings (SSSR count). The number of halogens is 5. The molecule has 2 atom stereocenters. The minimum atomic E-state index is -2.15. The third kappa shape index (κ3) is 4.07. The van der Waals surface area contributed by atoms with Crippen LogP contribution in [0.2, 0.25) is 0 Å². The first-order chi connectivity index (χ1) is 24.6. The fourth-order valence-electron chi connectivity index (χ4n) is 9.68. The van der Waals surface area contributed by atoms with Crippen molar-refractivity contribution in [3.63, 3.8) is 0 Å². The number of hydrogen-bond donors (Lipinski definition) is 0. The highest BCUT2D eigenvalue weighted by Crippen LogP contribution is 2.62. The molecule has 0 amide bonds. The summed E-state index contributed by atoms with van der Waals surface area (Å²) < 4.78 is 74.6. The van der Waals surface area contributed by atoms with Crippen molar-refractivity contribution in [3.05, 3.63) is 178 Å². The highest BCUT2D eigenvalue weighted by atomic mass is 19.2. The van der Waals surface area contributed by atoms with E-state index < -0.39 is 51.1 Å². The Morgan fingerprint density at radius 1 is 0.490 bits per heavy atom. The Morgan fingerprint density at radius 2 is 1.02 bits per heavy atom. The molecule has 254 valence electrons. The van der Waals surface area contributed by atoms with Gasteiger partial charge in [0.05, 0.1) is 11.0 Å². The van der Waals surface area contributed by atoms with E-state index in [-0.39, 0.29) is 0 Å². The van der Waals surface area contributed by atoms with Gasteiger partial charge in [-0.15, -0.1) is 0 Å². The Hall–Kier alpha value is -5.23. The first-order valence-electron chi connectivity index (χ1n) is 17.4. The monoisotopic (exact) mass is 683 g/mol. The average Bonchev–Trinajstić information content (AvgIpc) is 3.57. The molecule has 0 N–H and O–H groups in total.